The van der Waals surface area contributed by atoms with Crippen molar-refractivity contribution in [1.82, 2.24) is 10.2 Å². The van der Waals surface area contributed by atoms with Crippen molar-refractivity contribution in [1.29, 1.82) is 0 Å². The molecule has 0 unspecified atom stereocenters. The van der Waals surface area contributed by atoms with Crippen molar-refractivity contribution >= 4 is 0 Å². The molecule has 3 rings (SSSR count). The number of nitrogens with one attached hydrogen (secondary N) is 1. The lowest BCUT2D eigenvalue weighted by atomic mass is 10.1. The number of rotatable bonds is 5. The van der Waals surface area contributed by atoms with Gasteiger partial charge in [0.05, 0.1) is 12.8 Å². The number of benzene rings is 1. The Hall–Kier alpha value is -1.58. The molecule has 0 bridgehead atoms. The van der Waals surface area contributed by atoms with E-state index in [0.29, 0.717) is 0 Å². The van der Waals surface area contributed by atoms with Gasteiger partial charge in [-0.15, -0.1) is 0 Å². The van der Waals surface area contributed by atoms with Gasteiger partial charge in [0.2, 0.25) is 0 Å². The van der Waals surface area contributed by atoms with Crippen molar-refractivity contribution in [3.05, 3.63) is 59.0 Å². The molecule has 2 heterocycles. The quantitative estimate of drug-likeness (QED) is 0.891. The molecule has 19 heavy (non-hydrogen) atoms. The largest absolute Gasteiger partial charge is 0.468 e. The zero-order valence-electron chi connectivity index (χ0n) is 11.4. The predicted octanol–water partition coefficient (Wildman–Crippen LogP) is 2.90. The summed E-state index contributed by atoms with van der Waals surface area (Å²) in [6.45, 7) is 6.95. The Morgan fingerprint density at radius 2 is 1.89 bits per heavy atom. The molecule has 0 atom stereocenters. The van der Waals surface area contributed by atoms with E-state index in [2.05, 4.69) is 47.5 Å². The Balaban J connectivity index is 1.66. The molecule has 0 radical (unpaired) electrons. The smallest absolute Gasteiger partial charge is 0.122 e. The molecule has 0 fully saturated rings. The van der Waals surface area contributed by atoms with Crippen molar-refractivity contribution in [3.63, 3.8) is 0 Å². The molecule has 1 N–H and O–H groups in total. The number of furan rings is 1. The molecule has 1 aromatic carbocycles. The normalized spacial score (nSPS) is 14.8. The average molecular weight is 256 g/mol. The van der Waals surface area contributed by atoms with Gasteiger partial charge in [-0.1, -0.05) is 31.2 Å². The first-order chi connectivity index (χ1) is 9.36. The minimum atomic E-state index is 0.819. The second-order valence-corrected chi connectivity index (χ2v) is 5.06. The minimum Gasteiger partial charge on any atom is -0.468 e. The monoisotopic (exact) mass is 256 g/mol. The van der Waals surface area contributed by atoms with Gasteiger partial charge in [0.25, 0.3) is 0 Å². The van der Waals surface area contributed by atoms with Crippen LogP contribution in [0.4, 0.5) is 0 Å². The van der Waals surface area contributed by atoms with Crippen LogP contribution in [0.1, 0.15) is 29.4 Å². The van der Waals surface area contributed by atoms with Crippen LogP contribution in [0.25, 0.3) is 0 Å². The summed E-state index contributed by atoms with van der Waals surface area (Å²) in [6, 6.07) is 10.8. The molecular weight excluding hydrogens is 236 g/mol. The second-order valence-electron chi connectivity index (χ2n) is 5.06. The van der Waals surface area contributed by atoms with Crippen LogP contribution in [0.2, 0.25) is 0 Å². The summed E-state index contributed by atoms with van der Waals surface area (Å²) in [5.74, 6) is 1.07. The van der Waals surface area contributed by atoms with E-state index >= 15 is 0 Å². The molecule has 0 saturated carbocycles. The van der Waals surface area contributed by atoms with E-state index in [4.69, 9.17) is 4.42 Å². The van der Waals surface area contributed by atoms with Crippen LogP contribution in [0, 0.1) is 0 Å². The summed E-state index contributed by atoms with van der Waals surface area (Å²) in [4.78, 5) is 2.46. The first kappa shape index (κ1) is 12.5. The van der Waals surface area contributed by atoms with E-state index in [0.717, 1.165) is 38.5 Å². The number of hydrogen-bond donors (Lipinski definition) is 1. The highest BCUT2D eigenvalue weighted by Crippen LogP contribution is 2.25. The van der Waals surface area contributed by atoms with E-state index in [1.165, 1.54) is 16.7 Å². The highest BCUT2D eigenvalue weighted by molar-refractivity contribution is 5.30. The third-order valence-corrected chi connectivity index (χ3v) is 3.67. The van der Waals surface area contributed by atoms with Crippen molar-refractivity contribution in [2.24, 2.45) is 0 Å². The van der Waals surface area contributed by atoms with Crippen LogP contribution in [0.15, 0.2) is 41.0 Å². The van der Waals surface area contributed by atoms with Crippen LogP contribution >= 0.6 is 0 Å². The van der Waals surface area contributed by atoms with Crippen LogP contribution in [-0.2, 0) is 26.2 Å². The second kappa shape index (κ2) is 5.59. The maximum Gasteiger partial charge on any atom is 0.122 e. The van der Waals surface area contributed by atoms with E-state index in [-0.39, 0.29) is 0 Å². The maximum atomic E-state index is 5.56. The third-order valence-electron chi connectivity index (χ3n) is 3.67. The number of fused-ring (bicyclic) bond motifs is 1. The summed E-state index contributed by atoms with van der Waals surface area (Å²) in [5.41, 5.74) is 4.22. The van der Waals surface area contributed by atoms with Crippen molar-refractivity contribution < 1.29 is 4.42 Å². The van der Waals surface area contributed by atoms with E-state index in [1.807, 2.05) is 0 Å². The van der Waals surface area contributed by atoms with Crippen LogP contribution in [0.3, 0.4) is 0 Å². The predicted molar refractivity (Wildman–Crippen MR) is 75.5 cm³/mol. The number of hydrogen-bond acceptors (Lipinski definition) is 3. The lowest BCUT2D eigenvalue weighted by Crippen LogP contribution is -2.18. The van der Waals surface area contributed by atoms with Crippen LogP contribution in [0.5, 0.6) is 0 Å². The van der Waals surface area contributed by atoms with Gasteiger partial charge in [-0.3, -0.25) is 4.90 Å². The molecule has 100 valence electrons. The Morgan fingerprint density at radius 1 is 1.16 bits per heavy atom. The minimum absolute atomic E-state index is 0.819. The molecule has 0 amide bonds. The van der Waals surface area contributed by atoms with Gasteiger partial charge in [0.1, 0.15) is 5.76 Å². The van der Waals surface area contributed by atoms with E-state index in [1.54, 1.807) is 6.26 Å². The Morgan fingerprint density at radius 3 is 2.58 bits per heavy atom. The Bertz CT molecular complexity index is 522. The molecule has 1 aliphatic heterocycles. The average Bonchev–Trinajstić information content (AvgIpc) is 3.02. The van der Waals surface area contributed by atoms with Gasteiger partial charge in [0.15, 0.2) is 0 Å². The highest BCUT2D eigenvalue weighted by Gasteiger charge is 2.19. The van der Waals surface area contributed by atoms with Crippen LogP contribution < -0.4 is 5.32 Å². The molecule has 0 saturated heterocycles. The zero-order valence-corrected chi connectivity index (χ0v) is 11.4. The van der Waals surface area contributed by atoms with E-state index < -0.39 is 0 Å². The lowest BCUT2D eigenvalue weighted by molar-refractivity contribution is 0.272. The van der Waals surface area contributed by atoms with Crippen LogP contribution in [-0.4, -0.2) is 11.4 Å². The van der Waals surface area contributed by atoms with Gasteiger partial charge < -0.3 is 9.73 Å². The molecule has 0 aliphatic carbocycles. The summed E-state index contributed by atoms with van der Waals surface area (Å²) < 4.78 is 5.56. The van der Waals surface area contributed by atoms with Gasteiger partial charge in [-0.2, -0.15) is 0 Å². The molecule has 2 aromatic rings. The fourth-order valence-corrected chi connectivity index (χ4v) is 2.66. The summed E-state index contributed by atoms with van der Waals surface area (Å²) in [7, 11) is 0. The first-order valence-corrected chi connectivity index (χ1v) is 6.92. The topological polar surface area (TPSA) is 28.4 Å². The molecule has 1 aliphatic rings. The van der Waals surface area contributed by atoms with Gasteiger partial charge >= 0.3 is 0 Å². The highest BCUT2D eigenvalue weighted by atomic mass is 16.3. The Labute approximate surface area is 114 Å². The lowest BCUT2D eigenvalue weighted by Gasteiger charge is -2.14. The summed E-state index contributed by atoms with van der Waals surface area (Å²) in [5, 5.41) is 3.32. The van der Waals surface area contributed by atoms with Gasteiger partial charge in [-0.05, 0) is 23.7 Å². The number of nitrogens with zero attached hydrogens (tertiary/aromatic N) is 1. The Kier molecular flexibility index (Phi) is 3.67. The van der Waals surface area contributed by atoms with Crippen molar-refractivity contribution in [2.75, 3.05) is 6.54 Å². The fourth-order valence-electron chi connectivity index (χ4n) is 2.66. The molecule has 3 heteroatoms. The maximum absolute atomic E-state index is 5.56. The van der Waals surface area contributed by atoms with Gasteiger partial charge in [0, 0.05) is 25.2 Å². The molecule has 1 aromatic heterocycles. The molecule has 3 nitrogen and oxygen atoms in total. The molecular formula is C16H20N2O. The summed E-state index contributed by atoms with van der Waals surface area (Å²) in [6.07, 6.45) is 1.80. The van der Waals surface area contributed by atoms with Gasteiger partial charge in [-0.25, -0.2) is 0 Å². The standard InChI is InChI=1S/C16H20N2O/c1-2-17-9-16-15(7-8-19-16)12-18-10-13-5-3-4-6-14(13)11-18/h3-8,17H,2,9-12H2,1H3. The van der Waals surface area contributed by atoms with Crippen molar-refractivity contribution in [3.8, 4) is 0 Å². The first-order valence-electron chi connectivity index (χ1n) is 6.92. The molecule has 0 spiro atoms. The zero-order chi connectivity index (χ0) is 13.1. The summed E-state index contributed by atoms with van der Waals surface area (Å²) >= 11 is 0. The fraction of sp³-hybridized carbons (Fsp3) is 0.375. The third kappa shape index (κ3) is 2.72. The van der Waals surface area contributed by atoms with Crippen molar-refractivity contribution in [2.45, 2.75) is 33.1 Å². The van der Waals surface area contributed by atoms with E-state index in [9.17, 15) is 0 Å². The SMILES string of the molecule is CCNCc1occc1CN1Cc2ccccc2C1.